The summed E-state index contributed by atoms with van der Waals surface area (Å²) in [6, 6.07) is 2.39. The van der Waals surface area contributed by atoms with Gasteiger partial charge in [-0.05, 0) is 12.1 Å². The van der Waals surface area contributed by atoms with E-state index in [-0.39, 0.29) is 5.97 Å². The molecule has 0 saturated heterocycles. The number of carbonyl (C=O) groups excluding carboxylic acids is 1. The molecule has 0 rings (SSSR count). The highest BCUT2D eigenvalue weighted by atomic mass is 28.3. The zero-order chi connectivity index (χ0) is 15.8. The highest BCUT2D eigenvalue weighted by molar-refractivity contribution is 6.53. The van der Waals surface area contributed by atoms with Crippen molar-refractivity contribution in [3.05, 3.63) is 0 Å². The minimum Gasteiger partial charge on any atom is -0.522 e. The van der Waals surface area contributed by atoms with E-state index in [2.05, 4.69) is 13.8 Å². The summed E-state index contributed by atoms with van der Waals surface area (Å²) in [4.78, 5) is 11.2. The van der Waals surface area contributed by atoms with Crippen molar-refractivity contribution in [1.82, 2.24) is 0 Å². The third-order valence-corrected chi connectivity index (χ3v) is 6.86. The molecule has 0 N–H and O–H groups in total. The third-order valence-electron chi connectivity index (χ3n) is 4.09. The summed E-state index contributed by atoms with van der Waals surface area (Å²) in [7, 11) is -1.26. The Balaban J connectivity index is 3.64. The lowest BCUT2D eigenvalue weighted by molar-refractivity contribution is -0.132. The quantitative estimate of drug-likeness (QED) is 0.274. The van der Waals surface area contributed by atoms with Gasteiger partial charge in [0.05, 0.1) is 0 Å². The molecule has 0 heterocycles. The Morgan fingerprint density at radius 2 is 1.10 bits per heavy atom. The molecule has 0 radical (unpaired) electrons. The van der Waals surface area contributed by atoms with Gasteiger partial charge in [-0.2, -0.15) is 0 Å². The van der Waals surface area contributed by atoms with Crippen molar-refractivity contribution in [2.24, 2.45) is 0 Å². The number of unbranched alkanes of at least 4 members (excludes halogenated alkanes) is 10. The highest BCUT2D eigenvalue weighted by Gasteiger charge is 2.14. The van der Waals surface area contributed by atoms with Gasteiger partial charge in [-0.3, -0.25) is 4.79 Å². The zero-order valence-electron chi connectivity index (χ0n) is 14.8. The van der Waals surface area contributed by atoms with E-state index in [1.807, 2.05) is 0 Å². The van der Waals surface area contributed by atoms with E-state index < -0.39 is 9.04 Å². The maximum absolute atomic E-state index is 11.2. The molecule has 0 aromatic carbocycles. The molecule has 0 aliphatic rings. The predicted molar refractivity (Wildman–Crippen MR) is 95.3 cm³/mol. The molecule has 0 aromatic heterocycles. The summed E-state index contributed by atoms with van der Waals surface area (Å²) in [6.45, 7) is 6.08. The maximum Gasteiger partial charge on any atom is 0.289 e. The summed E-state index contributed by atoms with van der Waals surface area (Å²) < 4.78 is 5.61. The third kappa shape index (κ3) is 15.9. The van der Waals surface area contributed by atoms with Crippen LogP contribution in [-0.2, 0) is 9.22 Å². The van der Waals surface area contributed by atoms with Gasteiger partial charge in [-0.25, -0.2) is 0 Å². The second kappa shape index (κ2) is 16.1. The first-order valence-electron chi connectivity index (χ1n) is 9.37. The lowest BCUT2D eigenvalue weighted by atomic mass is 10.1. The van der Waals surface area contributed by atoms with Crippen LogP contribution in [0.15, 0.2) is 0 Å². The molecule has 0 saturated carbocycles. The molecule has 0 fully saturated rings. The molecular weight excluding hydrogens is 276 g/mol. The van der Waals surface area contributed by atoms with Crippen LogP contribution in [0.25, 0.3) is 0 Å². The molecule has 0 aromatic rings. The minimum atomic E-state index is -1.26. The van der Waals surface area contributed by atoms with Crippen LogP contribution in [0.2, 0.25) is 12.1 Å². The van der Waals surface area contributed by atoms with E-state index in [1.165, 1.54) is 89.1 Å². The monoisotopic (exact) mass is 314 g/mol. The average Bonchev–Trinajstić information content (AvgIpc) is 2.45. The Morgan fingerprint density at radius 1 is 0.714 bits per heavy atom. The topological polar surface area (TPSA) is 26.3 Å². The van der Waals surface area contributed by atoms with Gasteiger partial charge in [0, 0.05) is 6.92 Å². The Labute approximate surface area is 134 Å². The van der Waals surface area contributed by atoms with Gasteiger partial charge < -0.3 is 4.43 Å². The molecule has 0 unspecified atom stereocenters. The van der Waals surface area contributed by atoms with E-state index in [4.69, 9.17) is 4.43 Å². The van der Waals surface area contributed by atoms with Crippen LogP contribution in [0.5, 0.6) is 0 Å². The Hall–Kier alpha value is -0.313. The normalized spacial score (nSPS) is 11.0. The van der Waals surface area contributed by atoms with E-state index in [0.29, 0.717) is 0 Å². The van der Waals surface area contributed by atoms with Crippen LogP contribution in [0.1, 0.15) is 97.8 Å². The van der Waals surface area contributed by atoms with Crippen molar-refractivity contribution in [1.29, 1.82) is 0 Å². The SMILES string of the molecule is CCCCCCCC[SiH](CCCCCCCC)OC(C)=O. The van der Waals surface area contributed by atoms with E-state index >= 15 is 0 Å². The lowest BCUT2D eigenvalue weighted by Crippen LogP contribution is -2.20. The standard InChI is InChI=1S/C18H38O2Si/c1-4-6-8-10-12-14-16-21(20-18(3)19)17-15-13-11-9-7-5-2/h21H,4-17H2,1-3H3. The van der Waals surface area contributed by atoms with Gasteiger partial charge in [0.25, 0.3) is 5.97 Å². The first-order chi connectivity index (χ1) is 10.2. The first kappa shape index (κ1) is 20.7. The number of carbonyl (C=O) groups is 1. The molecule has 0 spiro atoms. The minimum absolute atomic E-state index is 0.0522. The van der Waals surface area contributed by atoms with Crippen molar-refractivity contribution in [2.45, 2.75) is 110 Å². The molecule has 0 aliphatic heterocycles. The molecule has 0 atom stereocenters. The van der Waals surface area contributed by atoms with Gasteiger partial charge in [0.2, 0.25) is 9.04 Å². The van der Waals surface area contributed by atoms with Crippen LogP contribution < -0.4 is 0 Å². The van der Waals surface area contributed by atoms with E-state index in [0.717, 1.165) is 0 Å². The summed E-state index contributed by atoms with van der Waals surface area (Å²) in [6.07, 6.45) is 16.0. The van der Waals surface area contributed by atoms with Crippen LogP contribution in [0.3, 0.4) is 0 Å². The fourth-order valence-electron chi connectivity index (χ4n) is 2.80. The lowest BCUT2D eigenvalue weighted by Gasteiger charge is -2.15. The van der Waals surface area contributed by atoms with Crippen LogP contribution >= 0.6 is 0 Å². The Bertz CT molecular complexity index is 215. The van der Waals surface area contributed by atoms with Crippen LogP contribution in [0.4, 0.5) is 0 Å². The Morgan fingerprint density at radius 3 is 1.48 bits per heavy atom. The average molecular weight is 315 g/mol. The molecular formula is C18H38O2Si. The second-order valence-corrected chi connectivity index (χ2v) is 8.98. The summed E-state index contributed by atoms with van der Waals surface area (Å²) in [5.74, 6) is -0.0522. The van der Waals surface area contributed by atoms with Gasteiger partial charge >= 0.3 is 0 Å². The second-order valence-electron chi connectivity index (χ2n) is 6.34. The molecule has 0 bridgehead atoms. The molecule has 21 heavy (non-hydrogen) atoms. The highest BCUT2D eigenvalue weighted by Crippen LogP contribution is 2.16. The summed E-state index contributed by atoms with van der Waals surface area (Å²) in [5.41, 5.74) is 0. The molecule has 3 heteroatoms. The van der Waals surface area contributed by atoms with Crippen molar-refractivity contribution in [2.75, 3.05) is 0 Å². The first-order valence-corrected chi connectivity index (χ1v) is 11.5. The predicted octanol–water partition coefficient (Wildman–Crippen LogP) is 5.99. The molecule has 0 aliphatic carbocycles. The van der Waals surface area contributed by atoms with Gasteiger partial charge in [0.1, 0.15) is 0 Å². The summed E-state index contributed by atoms with van der Waals surface area (Å²) >= 11 is 0. The van der Waals surface area contributed by atoms with Gasteiger partial charge in [-0.15, -0.1) is 0 Å². The largest absolute Gasteiger partial charge is 0.522 e. The van der Waals surface area contributed by atoms with Crippen LogP contribution in [0, 0.1) is 0 Å². The Kier molecular flexibility index (Phi) is 15.8. The van der Waals surface area contributed by atoms with E-state index in [9.17, 15) is 4.79 Å². The van der Waals surface area contributed by atoms with Crippen molar-refractivity contribution >= 4 is 15.0 Å². The van der Waals surface area contributed by atoms with Crippen LogP contribution in [-0.4, -0.2) is 15.0 Å². The maximum atomic E-state index is 11.2. The molecule has 0 amide bonds. The molecule has 2 nitrogen and oxygen atoms in total. The van der Waals surface area contributed by atoms with Crippen molar-refractivity contribution < 1.29 is 9.22 Å². The smallest absolute Gasteiger partial charge is 0.289 e. The fourth-order valence-corrected chi connectivity index (χ4v) is 5.28. The summed E-state index contributed by atoms with van der Waals surface area (Å²) in [5, 5.41) is 0. The molecule has 126 valence electrons. The van der Waals surface area contributed by atoms with Crippen molar-refractivity contribution in [3.8, 4) is 0 Å². The fraction of sp³-hybridized carbons (Fsp3) is 0.944. The van der Waals surface area contributed by atoms with E-state index in [1.54, 1.807) is 6.92 Å². The number of rotatable bonds is 15. The van der Waals surface area contributed by atoms with Gasteiger partial charge in [0.15, 0.2) is 0 Å². The van der Waals surface area contributed by atoms with Crippen molar-refractivity contribution in [3.63, 3.8) is 0 Å². The zero-order valence-corrected chi connectivity index (χ0v) is 15.9. The number of hydrogen-bond donors (Lipinski definition) is 0. The number of hydrogen-bond acceptors (Lipinski definition) is 2. The van der Waals surface area contributed by atoms with Gasteiger partial charge in [-0.1, -0.05) is 90.9 Å².